The van der Waals surface area contributed by atoms with Crippen molar-refractivity contribution < 1.29 is 23.9 Å². The van der Waals surface area contributed by atoms with Crippen LogP contribution in [0.4, 0.5) is 9.59 Å². The van der Waals surface area contributed by atoms with Crippen LogP contribution in [0.15, 0.2) is 12.7 Å². The van der Waals surface area contributed by atoms with Crippen molar-refractivity contribution in [1.82, 2.24) is 10.6 Å². The molecule has 0 aromatic rings. The topological polar surface area (TPSA) is 93.7 Å². The maximum absolute atomic E-state index is 11.7. The lowest BCUT2D eigenvalue weighted by Gasteiger charge is -2.19. The van der Waals surface area contributed by atoms with Gasteiger partial charge < -0.3 is 20.1 Å². The second-order valence-corrected chi connectivity index (χ2v) is 5.85. The highest BCUT2D eigenvalue weighted by molar-refractivity contribution is 5.80. The molecule has 2 N–H and O–H groups in total. The first-order valence-electron chi connectivity index (χ1n) is 7.16. The van der Waals surface area contributed by atoms with Gasteiger partial charge in [-0.3, -0.25) is 4.79 Å². The summed E-state index contributed by atoms with van der Waals surface area (Å²) in [6, 6.07) is -0.341. The van der Waals surface area contributed by atoms with Crippen LogP contribution in [0.5, 0.6) is 0 Å². The number of amides is 2. The minimum Gasteiger partial charge on any atom is -0.445 e. The van der Waals surface area contributed by atoms with Gasteiger partial charge in [0.15, 0.2) is 0 Å². The minimum atomic E-state index is -0.591. The average molecular weight is 314 g/mol. The highest BCUT2D eigenvalue weighted by atomic mass is 16.6. The number of alkyl carbamates (subject to hydrolysis) is 2. The van der Waals surface area contributed by atoms with Gasteiger partial charge in [0.05, 0.1) is 0 Å². The van der Waals surface area contributed by atoms with Crippen LogP contribution in [0.25, 0.3) is 0 Å². The molecule has 0 saturated carbocycles. The van der Waals surface area contributed by atoms with E-state index in [1.54, 1.807) is 27.7 Å². The van der Waals surface area contributed by atoms with Crippen LogP contribution in [0.2, 0.25) is 0 Å². The Morgan fingerprint density at radius 3 is 2.41 bits per heavy atom. The number of hydrogen-bond acceptors (Lipinski definition) is 5. The number of ketones is 1. The third kappa shape index (κ3) is 11.7. The molecule has 1 atom stereocenters. The Hall–Kier alpha value is -2.05. The number of rotatable bonds is 8. The van der Waals surface area contributed by atoms with Crippen molar-refractivity contribution >= 4 is 18.0 Å². The molecule has 0 heterocycles. The third-order valence-electron chi connectivity index (χ3n) is 2.30. The fraction of sp³-hybridized carbons (Fsp3) is 0.667. The van der Waals surface area contributed by atoms with Crippen molar-refractivity contribution in [2.45, 2.75) is 52.2 Å². The molecule has 0 aliphatic carbocycles. The molecule has 0 rings (SSSR count). The molecule has 0 aliphatic heterocycles. The Kier molecular flexibility index (Phi) is 8.89. The average Bonchev–Trinajstić information content (AvgIpc) is 2.33. The molecule has 0 saturated heterocycles. The zero-order valence-electron chi connectivity index (χ0n) is 13.7. The summed E-state index contributed by atoms with van der Waals surface area (Å²) in [5.41, 5.74) is -0.571. The number of ether oxygens (including phenoxy) is 2. The molecule has 0 aliphatic rings. The van der Waals surface area contributed by atoms with Crippen molar-refractivity contribution in [3.8, 4) is 0 Å². The van der Waals surface area contributed by atoms with Crippen molar-refractivity contribution in [2.24, 2.45) is 0 Å². The number of carbonyl (C=O) groups is 3. The largest absolute Gasteiger partial charge is 0.445 e. The summed E-state index contributed by atoms with van der Waals surface area (Å²) < 4.78 is 9.80. The molecular formula is C15H26N2O5. The zero-order valence-corrected chi connectivity index (χ0v) is 13.7. The Morgan fingerprint density at radius 2 is 1.86 bits per heavy atom. The normalized spacial score (nSPS) is 12.0. The standard InChI is InChI=1S/C15H26N2O5/c1-6-9-21-14(20)17-11(2)10-12(18)7-8-16-13(19)22-15(3,4)5/h6,11H,1,7-10H2,2-5H3,(H,16,19)(H,17,20)/t11-/m0/s1. The smallest absolute Gasteiger partial charge is 0.407 e. The summed E-state index contributed by atoms with van der Waals surface area (Å²) in [4.78, 5) is 34.4. The molecule has 0 radical (unpaired) electrons. The van der Waals surface area contributed by atoms with Crippen LogP contribution in [-0.4, -0.2) is 42.8 Å². The van der Waals surface area contributed by atoms with E-state index < -0.39 is 17.8 Å². The van der Waals surface area contributed by atoms with Crippen molar-refractivity contribution in [1.29, 1.82) is 0 Å². The predicted octanol–water partition coefficient (Wildman–Crippen LogP) is 2.16. The molecule has 126 valence electrons. The summed E-state index contributed by atoms with van der Waals surface area (Å²) in [6.45, 7) is 10.7. The maximum atomic E-state index is 11.7. The van der Waals surface area contributed by atoms with Gasteiger partial charge in [-0.2, -0.15) is 0 Å². The van der Waals surface area contributed by atoms with Gasteiger partial charge in [-0.15, -0.1) is 0 Å². The van der Waals surface area contributed by atoms with Crippen LogP contribution >= 0.6 is 0 Å². The molecule has 0 fully saturated rings. The minimum absolute atomic E-state index is 0.0763. The van der Waals surface area contributed by atoms with Crippen molar-refractivity contribution in [3.05, 3.63) is 12.7 Å². The Morgan fingerprint density at radius 1 is 1.23 bits per heavy atom. The molecule has 2 amide bonds. The maximum Gasteiger partial charge on any atom is 0.407 e. The molecule has 0 aromatic heterocycles. The van der Waals surface area contributed by atoms with E-state index in [0.717, 1.165) is 0 Å². The molecule has 0 unspecified atom stereocenters. The second kappa shape index (κ2) is 9.81. The molecular weight excluding hydrogens is 288 g/mol. The number of carbonyl (C=O) groups excluding carboxylic acids is 3. The van der Waals surface area contributed by atoms with E-state index in [1.165, 1.54) is 6.08 Å². The molecule has 22 heavy (non-hydrogen) atoms. The van der Waals surface area contributed by atoms with Gasteiger partial charge in [0.1, 0.15) is 18.0 Å². The van der Waals surface area contributed by atoms with Crippen LogP contribution in [0, 0.1) is 0 Å². The molecule has 7 nitrogen and oxygen atoms in total. The van der Waals surface area contributed by atoms with Crippen LogP contribution in [0.3, 0.4) is 0 Å². The first-order valence-corrected chi connectivity index (χ1v) is 7.16. The van der Waals surface area contributed by atoms with Gasteiger partial charge in [-0.1, -0.05) is 12.7 Å². The quantitative estimate of drug-likeness (QED) is 0.670. The van der Waals surface area contributed by atoms with Gasteiger partial charge in [-0.25, -0.2) is 9.59 Å². The van der Waals surface area contributed by atoms with Gasteiger partial charge in [-0.05, 0) is 27.7 Å². The highest BCUT2D eigenvalue weighted by Crippen LogP contribution is 2.06. The number of nitrogens with one attached hydrogen (secondary N) is 2. The first kappa shape index (κ1) is 19.9. The van der Waals surface area contributed by atoms with Crippen LogP contribution in [0.1, 0.15) is 40.5 Å². The van der Waals surface area contributed by atoms with Crippen LogP contribution in [-0.2, 0) is 14.3 Å². The van der Waals surface area contributed by atoms with Gasteiger partial charge in [0.25, 0.3) is 0 Å². The fourth-order valence-electron chi connectivity index (χ4n) is 1.49. The van der Waals surface area contributed by atoms with E-state index in [1.807, 2.05) is 0 Å². The third-order valence-corrected chi connectivity index (χ3v) is 2.30. The lowest BCUT2D eigenvalue weighted by atomic mass is 10.1. The monoisotopic (exact) mass is 314 g/mol. The van der Waals surface area contributed by atoms with Gasteiger partial charge in [0, 0.05) is 25.4 Å². The Bertz CT molecular complexity index is 401. The highest BCUT2D eigenvalue weighted by Gasteiger charge is 2.16. The van der Waals surface area contributed by atoms with E-state index >= 15 is 0 Å². The van der Waals surface area contributed by atoms with Crippen molar-refractivity contribution in [2.75, 3.05) is 13.2 Å². The summed E-state index contributed by atoms with van der Waals surface area (Å²) in [5.74, 6) is -0.0763. The lowest BCUT2D eigenvalue weighted by molar-refractivity contribution is -0.119. The van der Waals surface area contributed by atoms with Gasteiger partial charge in [0.2, 0.25) is 0 Å². The summed E-state index contributed by atoms with van der Waals surface area (Å²) >= 11 is 0. The second-order valence-electron chi connectivity index (χ2n) is 5.85. The Balaban J connectivity index is 3.87. The Labute approximate surface area is 131 Å². The van der Waals surface area contributed by atoms with Gasteiger partial charge >= 0.3 is 12.2 Å². The molecule has 7 heteroatoms. The lowest BCUT2D eigenvalue weighted by Crippen LogP contribution is -2.36. The summed E-state index contributed by atoms with van der Waals surface area (Å²) in [7, 11) is 0. The first-order chi connectivity index (χ1) is 10.1. The zero-order chi connectivity index (χ0) is 17.2. The van der Waals surface area contributed by atoms with Crippen LogP contribution < -0.4 is 10.6 Å². The summed E-state index contributed by atoms with van der Waals surface area (Å²) in [6.07, 6.45) is 0.649. The predicted molar refractivity (Wildman–Crippen MR) is 82.6 cm³/mol. The number of Topliss-reactive ketones (excluding diaryl/α,β-unsaturated/α-hetero) is 1. The van der Waals surface area contributed by atoms with E-state index in [2.05, 4.69) is 17.2 Å². The summed E-state index contributed by atoms with van der Waals surface area (Å²) in [5, 5.41) is 5.04. The van der Waals surface area contributed by atoms with Crippen molar-refractivity contribution in [3.63, 3.8) is 0 Å². The van der Waals surface area contributed by atoms with E-state index in [0.29, 0.717) is 0 Å². The van der Waals surface area contributed by atoms with E-state index in [9.17, 15) is 14.4 Å². The van der Waals surface area contributed by atoms with E-state index in [-0.39, 0.29) is 37.8 Å². The molecule has 0 spiro atoms. The fourth-order valence-corrected chi connectivity index (χ4v) is 1.49. The number of hydrogen-bond donors (Lipinski definition) is 2. The SMILES string of the molecule is C=CCOC(=O)N[C@@H](C)CC(=O)CCNC(=O)OC(C)(C)C. The molecule has 0 aromatic carbocycles. The molecule has 0 bridgehead atoms. The van der Waals surface area contributed by atoms with E-state index in [4.69, 9.17) is 9.47 Å².